The normalized spacial score (nSPS) is 9.85. The van der Waals surface area contributed by atoms with E-state index in [1.807, 2.05) is 0 Å². The minimum atomic E-state index is -0.704. The molecule has 0 bridgehead atoms. The number of nitro groups is 1. The average Bonchev–Trinajstić information content (AvgIpc) is 2.66. The first-order valence-corrected chi connectivity index (χ1v) is 8.10. The van der Waals surface area contributed by atoms with Crippen molar-refractivity contribution < 1.29 is 19.2 Å². The molecule has 2 amide bonds. The number of nitrogens with one attached hydrogen (secondary N) is 3. The fourth-order valence-corrected chi connectivity index (χ4v) is 2.26. The van der Waals surface area contributed by atoms with Crippen molar-refractivity contribution in [2.24, 2.45) is 0 Å². The van der Waals surface area contributed by atoms with Gasteiger partial charge in [0.15, 0.2) is 5.11 Å². The number of hydrogen-bond donors (Lipinski definition) is 3. The van der Waals surface area contributed by atoms with E-state index in [1.165, 1.54) is 19.2 Å². The molecule has 0 radical (unpaired) electrons. The minimum Gasteiger partial charge on any atom is -0.497 e. The molecule has 11 heteroatoms. The third kappa shape index (κ3) is 5.36. The molecule has 3 N–H and O–H groups in total. The summed E-state index contributed by atoms with van der Waals surface area (Å²) in [6.45, 7) is 0. The van der Waals surface area contributed by atoms with Crippen LogP contribution in [0, 0.1) is 10.1 Å². The van der Waals surface area contributed by atoms with Crippen LogP contribution >= 0.6 is 23.8 Å². The first-order valence-electron chi connectivity index (χ1n) is 7.31. The third-order valence-electron chi connectivity index (χ3n) is 3.27. The van der Waals surface area contributed by atoms with Crippen LogP contribution in [0.25, 0.3) is 0 Å². The zero-order chi connectivity index (χ0) is 20.0. The Morgan fingerprint density at radius 2 is 1.70 bits per heavy atom. The van der Waals surface area contributed by atoms with Crippen molar-refractivity contribution in [3.63, 3.8) is 0 Å². The lowest BCUT2D eigenvalue weighted by Gasteiger charge is -2.11. The molecule has 0 atom stereocenters. The summed E-state index contributed by atoms with van der Waals surface area (Å²) in [5, 5.41) is 12.9. The molecule has 0 aliphatic heterocycles. The zero-order valence-electron chi connectivity index (χ0n) is 13.8. The van der Waals surface area contributed by atoms with Gasteiger partial charge in [0.25, 0.3) is 17.5 Å². The minimum absolute atomic E-state index is 0.0169. The van der Waals surface area contributed by atoms with Crippen LogP contribution in [0.4, 0.5) is 5.69 Å². The predicted octanol–water partition coefficient (Wildman–Crippen LogP) is 2.21. The number of rotatable bonds is 4. The van der Waals surface area contributed by atoms with Crippen LogP contribution in [-0.2, 0) is 0 Å². The van der Waals surface area contributed by atoms with Gasteiger partial charge in [-0.25, -0.2) is 0 Å². The Labute approximate surface area is 163 Å². The van der Waals surface area contributed by atoms with E-state index in [-0.39, 0.29) is 15.7 Å². The molecule has 27 heavy (non-hydrogen) atoms. The highest BCUT2D eigenvalue weighted by Gasteiger charge is 2.17. The molecule has 0 aromatic heterocycles. The molecule has 0 saturated carbocycles. The van der Waals surface area contributed by atoms with Gasteiger partial charge in [-0.2, -0.15) is 0 Å². The van der Waals surface area contributed by atoms with E-state index in [2.05, 4.69) is 16.2 Å². The summed E-state index contributed by atoms with van der Waals surface area (Å²) in [6.07, 6.45) is 0. The largest absolute Gasteiger partial charge is 0.497 e. The van der Waals surface area contributed by atoms with E-state index in [0.29, 0.717) is 11.3 Å². The van der Waals surface area contributed by atoms with Crippen molar-refractivity contribution >= 4 is 46.4 Å². The second kappa shape index (κ2) is 8.92. The number of halogens is 1. The van der Waals surface area contributed by atoms with Crippen molar-refractivity contribution in [2.75, 3.05) is 7.11 Å². The third-order valence-corrected chi connectivity index (χ3v) is 3.80. The van der Waals surface area contributed by atoms with Crippen LogP contribution in [0.5, 0.6) is 5.75 Å². The fraction of sp³-hybridized carbons (Fsp3) is 0.0625. The van der Waals surface area contributed by atoms with Crippen LogP contribution in [0.3, 0.4) is 0 Å². The number of benzene rings is 2. The highest BCUT2D eigenvalue weighted by atomic mass is 35.5. The summed E-state index contributed by atoms with van der Waals surface area (Å²) in [4.78, 5) is 34.2. The van der Waals surface area contributed by atoms with Crippen molar-refractivity contribution in [2.45, 2.75) is 0 Å². The van der Waals surface area contributed by atoms with Crippen molar-refractivity contribution in [1.29, 1.82) is 0 Å². The van der Waals surface area contributed by atoms with E-state index < -0.39 is 22.4 Å². The lowest BCUT2D eigenvalue weighted by Crippen LogP contribution is -2.48. The number of nitrogens with zero attached hydrogens (tertiary/aromatic N) is 1. The fourth-order valence-electron chi connectivity index (χ4n) is 1.93. The molecular weight excluding hydrogens is 396 g/mol. The molecule has 9 nitrogen and oxygen atoms in total. The predicted molar refractivity (Wildman–Crippen MR) is 102 cm³/mol. The van der Waals surface area contributed by atoms with Gasteiger partial charge < -0.3 is 4.74 Å². The van der Waals surface area contributed by atoms with Gasteiger partial charge in [0, 0.05) is 17.2 Å². The number of ether oxygens (including phenoxy) is 1. The van der Waals surface area contributed by atoms with Crippen LogP contribution in [0.1, 0.15) is 20.7 Å². The molecule has 0 spiro atoms. The Bertz CT molecular complexity index is 904. The molecule has 0 aliphatic rings. The zero-order valence-corrected chi connectivity index (χ0v) is 15.4. The van der Waals surface area contributed by atoms with Gasteiger partial charge in [0.1, 0.15) is 10.8 Å². The Morgan fingerprint density at radius 3 is 2.30 bits per heavy atom. The van der Waals surface area contributed by atoms with Crippen LogP contribution in [0.2, 0.25) is 5.02 Å². The summed E-state index contributed by atoms with van der Waals surface area (Å²) in [6, 6.07) is 9.88. The molecule has 0 unspecified atom stereocenters. The standard InChI is InChI=1S/C16H13ClN4O5S/c1-26-11-5-2-9(3-6-11)15(23)19-20-16(27)18-14(22)10-4-7-12(17)13(8-10)21(24)25/h2-8H,1H3,(H,19,23)(H2,18,20,22,27). The summed E-state index contributed by atoms with van der Waals surface area (Å²) < 4.78 is 5.00. The van der Waals surface area contributed by atoms with Crippen molar-refractivity contribution in [3.05, 3.63) is 68.7 Å². The van der Waals surface area contributed by atoms with E-state index in [0.717, 1.165) is 6.07 Å². The van der Waals surface area contributed by atoms with Gasteiger partial charge in [-0.3, -0.25) is 35.9 Å². The van der Waals surface area contributed by atoms with Crippen LogP contribution < -0.4 is 20.9 Å². The quantitative estimate of drug-likeness (QED) is 0.402. The molecule has 2 rings (SSSR count). The van der Waals surface area contributed by atoms with Crippen molar-refractivity contribution in [3.8, 4) is 5.75 Å². The monoisotopic (exact) mass is 408 g/mol. The van der Waals surface area contributed by atoms with E-state index in [1.54, 1.807) is 24.3 Å². The second-order valence-electron chi connectivity index (χ2n) is 5.01. The van der Waals surface area contributed by atoms with Gasteiger partial charge in [-0.1, -0.05) is 11.6 Å². The lowest BCUT2D eigenvalue weighted by molar-refractivity contribution is -0.384. The Morgan fingerprint density at radius 1 is 1.07 bits per heavy atom. The van der Waals surface area contributed by atoms with E-state index >= 15 is 0 Å². The molecular formula is C16H13ClN4O5S. The average molecular weight is 409 g/mol. The molecule has 2 aromatic carbocycles. The van der Waals surface area contributed by atoms with Crippen molar-refractivity contribution in [1.82, 2.24) is 16.2 Å². The number of carbonyl (C=O) groups excluding carboxylic acids is 2. The summed E-state index contributed by atoms with van der Waals surface area (Å²) in [5.74, 6) is -0.596. The summed E-state index contributed by atoms with van der Waals surface area (Å²) in [7, 11) is 1.51. The second-order valence-corrected chi connectivity index (χ2v) is 5.83. The molecule has 2 aromatic rings. The molecule has 0 heterocycles. The van der Waals surface area contributed by atoms with E-state index in [9.17, 15) is 19.7 Å². The number of amides is 2. The number of hydrogen-bond acceptors (Lipinski definition) is 6. The lowest BCUT2D eigenvalue weighted by atomic mass is 10.2. The van der Waals surface area contributed by atoms with Crippen LogP contribution in [-0.4, -0.2) is 29.0 Å². The van der Waals surface area contributed by atoms with Gasteiger partial charge in [-0.15, -0.1) is 0 Å². The highest BCUT2D eigenvalue weighted by molar-refractivity contribution is 7.80. The number of nitro benzene ring substituents is 1. The molecule has 0 fully saturated rings. The molecule has 0 aliphatic carbocycles. The first-order chi connectivity index (χ1) is 12.8. The number of hydrazine groups is 1. The molecule has 140 valence electrons. The van der Waals surface area contributed by atoms with Gasteiger partial charge >= 0.3 is 0 Å². The number of carbonyl (C=O) groups is 2. The molecule has 0 saturated heterocycles. The van der Waals surface area contributed by atoms with E-state index in [4.69, 9.17) is 28.6 Å². The first kappa shape index (κ1) is 20.1. The van der Waals surface area contributed by atoms with Gasteiger partial charge in [0.2, 0.25) is 0 Å². The maximum Gasteiger partial charge on any atom is 0.288 e. The maximum absolute atomic E-state index is 12.1. The Balaban J connectivity index is 1.93. The van der Waals surface area contributed by atoms with Gasteiger partial charge in [0.05, 0.1) is 12.0 Å². The Kier molecular flexibility index (Phi) is 6.63. The smallest absolute Gasteiger partial charge is 0.288 e. The highest BCUT2D eigenvalue weighted by Crippen LogP contribution is 2.24. The summed E-state index contributed by atoms with van der Waals surface area (Å²) in [5.41, 5.74) is 4.60. The topological polar surface area (TPSA) is 123 Å². The van der Waals surface area contributed by atoms with Crippen LogP contribution in [0.15, 0.2) is 42.5 Å². The van der Waals surface area contributed by atoms with Gasteiger partial charge in [-0.05, 0) is 48.6 Å². The number of methoxy groups -OCH3 is 1. The summed E-state index contributed by atoms with van der Waals surface area (Å²) >= 11 is 10.6. The maximum atomic E-state index is 12.1. The Hall–Kier alpha value is -3.24. The number of thiocarbonyl (C=S) groups is 1. The SMILES string of the molecule is COc1ccc(C(=O)NNC(=S)NC(=O)c2ccc(Cl)c([N+](=O)[O-])c2)cc1.